The van der Waals surface area contributed by atoms with Crippen molar-refractivity contribution in [3.8, 4) is 0 Å². The molecule has 0 aromatic heterocycles. The third kappa shape index (κ3) is 5.07. The van der Waals surface area contributed by atoms with Gasteiger partial charge in [0.15, 0.2) is 0 Å². The molecule has 2 aromatic rings. The summed E-state index contributed by atoms with van der Waals surface area (Å²) in [6.45, 7) is 3.80. The molecule has 0 aliphatic rings. The molecule has 0 aliphatic heterocycles. The summed E-state index contributed by atoms with van der Waals surface area (Å²) in [5.41, 5.74) is 5.95. The number of hydrogen-bond acceptors (Lipinski definition) is 3. The monoisotopic (exact) mass is 309 g/mol. The summed E-state index contributed by atoms with van der Waals surface area (Å²) >= 11 is 0. The van der Waals surface area contributed by atoms with Gasteiger partial charge in [-0.2, -0.15) is 5.10 Å². The molecule has 0 aliphatic carbocycles. The molecule has 2 amide bonds. The van der Waals surface area contributed by atoms with E-state index in [4.69, 9.17) is 0 Å². The molecule has 118 valence electrons. The highest BCUT2D eigenvalue weighted by atomic mass is 16.2. The van der Waals surface area contributed by atoms with Crippen molar-refractivity contribution in [1.82, 2.24) is 10.7 Å². The molecule has 0 atom stereocenters. The van der Waals surface area contributed by atoms with E-state index >= 15 is 0 Å². The first kappa shape index (κ1) is 16.4. The molecule has 0 fully saturated rings. The molecule has 5 nitrogen and oxygen atoms in total. The van der Waals surface area contributed by atoms with Crippen LogP contribution in [0.4, 0.5) is 0 Å². The van der Waals surface area contributed by atoms with Crippen LogP contribution in [0.3, 0.4) is 0 Å². The van der Waals surface area contributed by atoms with E-state index in [2.05, 4.69) is 15.8 Å². The summed E-state index contributed by atoms with van der Waals surface area (Å²) in [6, 6.07) is 14.8. The molecule has 0 bridgehead atoms. The van der Waals surface area contributed by atoms with Gasteiger partial charge >= 0.3 is 0 Å². The minimum Gasteiger partial charge on any atom is -0.343 e. The quantitative estimate of drug-likeness (QED) is 0.656. The molecule has 23 heavy (non-hydrogen) atoms. The maximum absolute atomic E-state index is 12.0. The molecule has 2 aromatic carbocycles. The van der Waals surface area contributed by atoms with Crippen molar-refractivity contribution in [2.45, 2.75) is 13.8 Å². The van der Waals surface area contributed by atoms with E-state index < -0.39 is 0 Å². The Morgan fingerprint density at radius 2 is 1.78 bits per heavy atom. The molecule has 2 rings (SSSR count). The zero-order chi connectivity index (χ0) is 16.7. The minimum atomic E-state index is -0.380. The maximum Gasteiger partial charge on any atom is 0.259 e. The van der Waals surface area contributed by atoms with E-state index in [1.54, 1.807) is 18.3 Å². The van der Waals surface area contributed by atoms with Crippen LogP contribution >= 0.6 is 0 Å². The van der Waals surface area contributed by atoms with Crippen LogP contribution in [0, 0.1) is 13.8 Å². The molecule has 0 heterocycles. The highest BCUT2D eigenvalue weighted by Gasteiger charge is 2.08. The van der Waals surface area contributed by atoms with E-state index in [-0.39, 0.29) is 18.4 Å². The number of carbonyl (C=O) groups is 2. The van der Waals surface area contributed by atoms with Crippen molar-refractivity contribution in [3.63, 3.8) is 0 Å². The smallest absolute Gasteiger partial charge is 0.259 e. The third-order valence-corrected chi connectivity index (χ3v) is 3.38. The summed E-state index contributed by atoms with van der Waals surface area (Å²) in [6.07, 6.45) is 1.54. The SMILES string of the molecule is Cc1ccc(C(=O)NCC(=O)N/N=C/c2ccccc2)cc1C. The van der Waals surface area contributed by atoms with Gasteiger partial charge in [-0.05, 0) is 42.7 Å². The van der Waals surface area contributed by atoms with Crippen molar-refractivity contribution in [2.75, 3.05) is 6.54 Å². The van der Waals surface area contributed by atoms with E-state index in [1.165, 1.54) is 0 Å². The van der Waals surface area contributed by atoms with Crippen LogP contribution in [0.2, 0.25) is 0 Å². The number of hydrogen-bond donors (Lipinski definition) is 2. The third-order valence-electron chi connectivity index (χ3n) is 3.38. The summed E-state index contributed by atoms with van der Waals surface area (Å²) in [7, 11) is 0. The first-order valence-corrected chi connectivity index (χ1v) is 7.28. The standard InChI is InChI=1S/C18H19N3O2/c1-13-8-9-16(10-14(13)2)18(23)19-12-17(22)21-20-11-15-6-4-3-5-7-15/h3-11H,12H2,1-2H3,(H,19,23)(H,21,22)/b20-11+. The van der Waals surface area contributed by atoms with Gasteiger partial charge < -0.3 is 5.32 Å². The van der Waals surface area contributed by atoms with Crippen molar-refractivity contribution in [2.24, 2.45) is 5.10 Å². The molecule has 5 heteroatoms. The van der Waals surface area contributed by atoms with Gasteiger partial charge in [0.05, 0.1) is 12.8 Å². The van der Waals surface area contributed by atoms with Gasteiger partial charge in [-0.25, -0.2) is 5.43 Å². The molecule has 0 unspecified atom stereocenters. The van der Waals surface area contributed by atoms with Gasteiger partial charge in [0.25, 0.3) is 11.8 Å². The number of nitrogens with zero attached hydrogens (tertiary/aromatic N) is 1. The first-order chi connectivity index (χ1) is 11.1. The molecular weight excluding hydrogens is 290 g/mol. The van der Waals surface area contributed by atoms with E-state index in [0.717, 1.165) is 16.7 Å². The zero-order valence-electron chi connectivity index (χ0n) is 13.2. The predicted octanol–water partition coefficient (Wildman–Crippen LogP) is 2.18. The Labute approximate surface area is 135 Å². The second-order valence-electron chi connectivity index (χ2n) is 5.19. The molecule has 0 radical (unpaired) electrons. The zero-order valence-corrected chi connectivity index (χ0v) is 13.2. The largest absolute Gasteiger partial charge is 0.343 e. The number of carbonyl (C=O) groups excluding carboxylic acids is 2. The van der Waals surface area contributed by atoms with Gasteiger partial charge in [-0.15, -0.1) is 0 Å². The first-order valence-electron chi connectivity index (χ1n) is 7.28. The van der Waals surface area contributed by atoms with Crippen LogP contribution < -0.4 is 10.7 Å². The summed E-state index contributed by atoms with van der Waals surface area (Å²) < 4.78 is 0. The highest BCUT2D eigenvalue weighted by Crippen LogP contribution is 2.09. The Kier molecular flexibility index (Phi) is 5.63. The van der Waals surface area contributed by atoms with Crippen LogP contribution in [0.15, 0.2) is 53.6 Å². The molecule has 2 N–H and O–H groups in total. The normalized spacial score (nSPS) is 10.5. The van der Waals surface area contributed by atoms with Gasteiger partial charge in [0, 0.05) is 5.56 Å². The number of benzene rings is 2. The number of aryl methyl sites for hydroxylation is 2. The summed E-state index contributed by atoms with van der Waals surface area (Å²) in [4.78, 5) is 23.6. The van der Waals surface area contributed by atoms with E-state index in [9.17, 15) is 9.59 Å². The molecule has 0 saturated carbocycles. The van der Waals surface area contributed by atoms with Gasteiger partial charge in [0.2, 0.25) is 0 Å². The average Bonchev–Trinajstić information content (AvgIpc) is 2.56. The number of hydrazone groups is 1. The Morgan fingerprint density at radius 1 is 1.04 bits per heavy atom. The summed E-state index contributed by atoms with van der Waals surface area (Å²) in [5.74, 6) is -0.662. The topological polar surface area (TPSA) is 70.6 Å². The van der Waals surface area contributed by atoms with Gasteiger partial charge in [-0.1, -0.05) is 36.4 Å². The second-order valence-corrected chi connectivity index (χ2v) is 5.19. The van der Waals surface area contributed by atoms with Crippen LogP contribution in [-0.4, -0.2) is 24.6 Å². The minimum absolute atomic E-state index is 0.127. The Morgan fingerprint density at radius 3 is 2.48 bits per heavy atom. The molecule has 0 spiro atoms. The Hall–Kier alpha value is -2.95. The lowest BCUT2D eigenvalue weighted by atomic mass is 10.1. The fourth-order valence-electron chi connectivity index (χ4n) is 1.90. The number of amides is 2. The molecular formula is C18H19N3O2. The van der Waals surface area contributed by atoms with Crippen LogP contribution in [0.25, 0.3) is 0 Å². The Balaban J connectivity index is 1.80. The van der Waals surface area contributed by atoms with Crippen molar-refractivity contribution >= 4 is 18.0 Å². The summed E-state index contributed by atoms with van der Waals surface area (Å²) in [5, 5.41) is 6.41. The van der Waals surface area contributed by atoms with Crippen LogP contribution in [0.1, 0.15) is 27.0 Å². The lowest BCUT2D eigenvalue weighted by Crippen LogP contribution is -2.34. The van der Waals surface area contributed by atoms with Gasteiger partial charge in [0.1, 0.15) is 0 Å². The molecule has 0 saturated heterocycles. The van der Waals surface area contributed by atoms with Gasteiger partial charge in [-0.3, -0.25) is 9.59 Å². The Bertz CT molecular complexity index is 724. The fourth-order valence-corrected chi connectivity index (χ4v) is 1.90. The van der Waals surface area contributed by atoms with Crippen molar-refractivity contribution < 1.29 is 9.59 Å². The van der Waals surface area contributed by atoms with Crippen LogP contribution in [0.5, 0.6) is 0 Å². The van der Waals surface area contributed by atoms with Crippen molar-refractivity contribution in [3.05, 3.63) is 70.8 Å². The fraction of sp³-hybridized carbons (Fsp3) is 0.167. The predicted molar refractivity (Wildman–Crippen MR) is 90.4 cm³/mol. The lowest BCUT2D eigenvalue weighted by molar-refractivity contribution is -0.120. The van der Waals surface area contributed by atoms with Crippen LogP contribution in [-0.2, 0) is 4.79 Å². The van der Waals surface area contributed by atoms with E-state index in [1.807, 2.05) is 50.2 Å². The number of rotatable bonds is 5. The maximum atomic E-state index is 12.0. The average molecular weight is 309 g/mol. The number of nitrogens with one attached hydrogen (secondary N) is 2. The highest BCUT2D eigenvalue weighted by molar-refractivity contribution is 5.96. The second kappa shape index (κ2) is 7.89. The van der Waals surface area contributed by atoms with Crippen molar-refractivity contribution in [1.29, 1.82) is 0 Å². The lowest BCUT2D eigenvalue weighted by Gasteiger charge is -2.06. The van der Waals surface area contributed by atoms with E-state index in [0.29, 0.717) is 5.56 Å².